The van der Waals surface area contributed by atoms with Gasteiger partial charge in [-0.05, 0) is 61.5 Å². The molecule has 0 saturated carbocycles. The van der Waals surface area contributed by atoms with Crippen molar-refractivity contribution in [2.24, 2.45) is 5.10 Å². The molecule has 0 atom stereocenters. The number of carboxylic acids is 1. The number of rotatable bonds is 6. The molecule has 3 aromatic rings. The van der Waals surface area contributed by atoms with E-state index in [2.05, 4.69) is 5.10 Å². The van der Waals surface area contributed by atoms with Crippen molar-refractivity contribution >= 4 is 35.3 Å². The zero-order valence-corrected chi connectivity index (χ0v) is 18.6. The van der Waals surface area contributed by atoms with Crippen molar-refractivity contribution in [2.45, 2.75) is 13.1 Å². The van der Waals surface area contributed by atoms with Gasteiger partial charge in [-0.3, -0.25) is 4.79 Å². The molecule has 2 heterocycles. The predicted molar refractivity (Wildman–Crippen MR) is 122 cm³/mol. The van der Waals surface area contributed by atoms with E-state index in [1.54, 1.807) is 13.0 Å². The number of ether oxygens (including phenoxy) is 1. The second kappa shape index (κ2) is 9.53. The number of hydrazone groups is 1. The van der Waals surface area contributed by atoms with E-state index in [0.29, 0.717) is 10.6 Å². The van der Waals surface area contributed by atoms with Crippen LogP contribution in [0.4, 0.5) is 18.9 Å². The number of nitrogens with zero attached hydrogens (tertiary/aromatic N) is 2. The lowest BCUT2D eigenvalue weighted by Crippen LogP contribution is -2.25. The Balaban J connectivity index is 1.66. The number of amides is 1. The number of anilines is 1. The van der Waals surface area contributed by atoms with Gasteiger partial charge >= 0.3 is 18.1 Å². The maximum atomic E-state index is 13.7. The van der Waals surface area contributed by atoms with Gasteiger partial charge in [0.25, 0.3) is 5.91 Å². The molecule has 0 aliphatic carbocycles. The first-order valence-electron chi connectivity index (χ1n) is 10.5. The van der Waals surface area contributed by atoms with Crippen LogP contribution >= 0.6 is 0 Å². The predicted octanol–water partition coefficient (Wildman–Crippen LogP) is 5.17. The Kier molecular flexibility index (Phi) is 6.47. The van der Waals surface area contributed by atoms with Crippen LogP contribution in [0.3, 0.4) is 0 Å². The molecule has 1 N–H and O–H groups in total. The van der Waals surface area contributed by atoms with Crippen molar-refractivity contribution in [3.05, 3.63) is 83.1 Å². The van der Waals surface area contributed by atoms with Crippen LogP contribution in [-0.2, 0) is 9.53 Å². The summed E-state index contributed by atoms with van der Waals surface area (Å²) in [5, 5.41) is 13.2. The molecule has 0 unspecified atom stereocenters. The molecule has 11 heteroatoms. The van der Waals surface area contributed by atoms with Gasteiger partial charge in [0.1, 0.15) is 11.5 Å². The number of benzene rings is 2. The lowest BCUT2D eigenvalue weighted by atomic mass is 10.1. The summed E-state index contributed by atoms with van der Waals surface area (Å²) in [4.78, 5) is 35.9. The second-order valence-corrected chi connectivity index (χ2v) is 7.48. The Morgan fingerprint density at radius 2 is 1.81 bits per heavy atom. The summed E-state index contributed by atoms with van der Waals surface area (Å²) in [5.74, 6) is -2.67. The van der Waals surface area contributed by atoms with E-state index in [1.807, 2.05) is 0 Å². The van der Waals surface area contributed by atoms with E-state index in [-0.39, 0.29) is 34.9 Å². The third-order valence-corrected chi connectivity index (χ3v) is 5.08. The van der Waals surface area contributed by atoms with Gasteiger partial charge in [0.2, 0.25) is 0 Å². The quantitative estimate of drug-likeness (QED) is 0.371. The number of carbonyl (C=O) groups is 3. The monoisotopic (exact) mass is 498 g/mol. The van der Waals surface area contributed by atoms with Gasteiger partial charge in [-0.15, -0.1) is 0 Å². The zero-order valence-electron chi connectivity index (χ0n) is 18.6. The van der Waals surface area contributed by atoms with Crippen LogP contribution in [-0.4, -0.2) is 41.4 Å². The number of halogens is 3. The SMILES string of the molecule is CCOC(=O)c1ccc(N2N=C(C(F)(F)F)/C(=C/c3ccc(-c4cccc(C(=O)O)c4)o3)C2=O)cc1. The van der Waals surface area contributed by atoms with Crippen LogP contribution in [0.5, 0.6) is 0 Å². The minimum Gasteiger partial charge on any atom is -0.478 e. The van der Waals surface area contributed by atoms with Crippen LogP contribution < -0.4 is 5.01 Å². The lowest BCUT2D eigenvalue weighted by Gasteiger charge is -2.12. The summed E-state index contributed by atoms with van der Waals surface area (Å²) in [6.45, 7) is 1.78. The summed E-state index contributed by atoms with van der Waals surface area (Å²) in [5.41, 5.74) is -1.57. The highest BCUT2D eigenvalue weighted by molar-refractivity contribution is 6.34. The Morgan fingerprint density at radius 1 is 1.08 bits per heavy atom. The van der Waals surface area contributed by atoms with Crippen LogP contribution in [0.2, 0.25) is 0 Å². The normalized spacial score (nSPS) is 14.8. The maximum Gasteiger partial charge on any atom is 0.435 e. The minimum absolute atomic E-state index is 0.00545. The Labute approximate surface area is 201 Å². The number of carboxylic acid groups (broad SMARTS) is 1. The fourth-order valence-corrected chi connectivity index (χ4v) is 3.42. The van der Waals surface area contributed by atoms with Crippen molar-refractivity contribution in [1.82, 2.24) is 0 Å². The second-order valence-electron chi connectivity index (χ2n) is 7.48. The van der Waals surface area contributed by atoms with Gasteiger partial charge in [0.15, 0.2) is 5.71 Å². The van der Waals surface area contributed by atoms with Crippen LogP contribution in [0, 0.1) is 0 Å². The van der Waals surface area contributed by atoms with Crippen molar-refractivity contribution in [3.63, 3.8) is 0 Å². The first-order valence-corrected chi connectivity index (χ1v) is 10.5. The molecule has 8 nitrogen and oxygen atoms in total. The van der Waals surface area contributed by atoms with Crippen molar-refractivity contribution in [3.8, 4) is 11.3 Å². The number of aromatic carboxylic acids is 1. The summed E-state index contributed by atoms with van der Waals surface area (Å²) in [6, 6.07) is 13.8. The van der Waals surface area contributed by atoms with Gasteiger partial charge in [0, 0.05) is 5.56 Å². The van der Waals surface area contributed by atoms with E-state index in [1.165, 1.54) is 54.6 Å². The topological polar surface area (TPSA) is 109 Å². The zero-order chi connectivity index (χ0) is 26.0. The standard InChI is InChI=1S/C25H17F3N2O6/c1-2-35-24(34)14-6-8-17(9-7-14)30-22(31)19(21(29-30)25(26,27)28)13-18-10-11-20(36-18)15-4-3-5-16(12-15)23(32)33/h3-13H,2H2,1H3,(H,32,33)/b19-13-. The lowest BCUT2D eigenvalue weighted by molar-refractivity contribution is -0.114. The molecular weight excluding hydrogens is 481 g/mol. The van der Waals surface area contributed by atoms with E-state index in [9.17, 15) is 27.6 Å². The van der Waals surface area contributed by atoms with E-state index < -0.39 is 35.3 Å². The van der Waals surface area contributed by atoms with Gasteiger partial charge in [0.05, 0.1) is 29.0 Å². The maximum absolute atomic E-state index is 13.7. The van der Waals surface area contributed by atoms with E-state index in [4.69, 9.17) is 14.3 Å². The molecule has 0 bridgehead atoms. The average molecular weight is 498 g/mol. The largest absolute Gasteiger partial charge is 0.478 e. The van der Waals surface area contributed by atoms with Crippen molar-refractivity contribution < 1.29 is 41.8 Å². The number of esters is 1. The minimum atomic E-state index is -4.94. The highest BCUT2D eigenvalue weighted by Gasteiger charge is 2.47. The fourth-order valence-electron chi connectivity index (χ4n) is 3.42. The number of alkyl halides is 3. The smallest absolute Gasteiger partial charge is 0.435 e. The fraction of sp³-hybridized carbons (Fsp3) is 0.120. The van der Waals surface area contributed by atoms with Gasteiger partial charge < -0.3 is 14.3 Å². The Morgan fingerprint density at radius 3 is 2.44 bits per heavy atom. The van der Waals surface area contributed by atoms with Crippen LogP contribution in [0.1, 0.15) is 33.4 Å². The molecule has 36 heavy (non-hydrogen) atoms. The molecule has 1 aliphatic rings. The van der Waals surface area contributed by atoms with Crippen LogP contribution in [0.15, 0.2) is 75.8 Å². The van der Waals surface area contributed by atoms with E-state index >= 15 is 0 Å². The van der Waals surface area contributed by atoms with Gasteiger partial charge in [-0.25, -0.2) is 9.59 Å². The molecule has 184 valence electrons. The highest BCUT2D eigenvalue weighted by atomic mass is 19.4. The summed E-state index contributed by atoms with van der Waals surface area (Å²) in [6.07, 6.45) is -4.02. The number of furan rings is 1. The summed E-state index contributed by atoms with van der Waals surface area (Å²) < 4.78 is 51.6. The van der Waals surface area contributed by atoms with Crippen LogP contribution in [0.25, 0.3) is 17.4 Å². The summed E-state index contributed by atoms with van der Waals surface area (Å²) >= 11 is 0. The molecule has 0 radical (unpaired) electrons. The molecule has 0 saturated heterocycles. The highest BCUT2D eigenvalue weighted by Crippen LogP contribution is 2.33. The molecule has 0 fully saturated rings. The molecule has 4 rings (SSSR count). The molecule has 1 aliphatic heterocycles. The van der Waals surface area contributed by atoms with Crippen molar-refractivity contribution in [2.75, 3.05) is 11.6 Å². The average Bonchev–Trinajstić information content (AvgIpc) is 3.44. The molecular formula is C25H17F3N2O6. The molecule has 1 amide bonds. The van der Waals surface area contributed by atoms with E-state index in [0.717, 1.165) is 6.08 Å². The molecule has 0 spiro atoms. The Bertz CT molecular complexity index is 1400. The van der Waals surface area contributed by atoms with Gasteiger partial charge in [-0.2, -0.15) is 23.3 Å². The Hall–Kier alpha value is -4.67. The summed E-state index contributed by atoms with van der Waals surface area (Å²) in [7, 11) is 0. The molecule has 1 aromatic heterocycles. The number of carbonyl (C=O) groups excluding carboxylic acids is 2. The van der Waals surface area contributed by atoms with Gasteiger partial charge in [-0.1, -0.05) is 12.1 Å². The molecule has 2 aromatic carbocycles. The first kappa shape index (κ1) is 24.5. The number of hydrogen-bond acceptors (Lipinski definition) is 6. The number of hydrogen-bond donors (Lipinski definition) is 1. The first-order chi connectivity index (χ1) is 17.1. The van der Waals surface area contributed by atoms with Crippen molar-refractivity contribution in [1.29, 1.82) is 0 Å². The third kappa shape index (κ3) is 4.90. The third-order valence-electron chi connectivity index (χ3n) is 5.08.